The third kappa shape index (κ3) is 2.83. The molecule has 82 valence electrons. The van der Waals surface area contributed by atoms with E-state index in [9.17, 15) is 9.18 Å². The van der Waals surface area contributed by atoms with Gasteiger partial charge in [-0.2, -0.15) is 0 Å². The minimum Gasteiger partial charge on any atom is -0.479 e. The SMILES string of the molecule is CCC(Oc1ccc(N)c(F)c1)C(=O)O. The molecule has 0 fully saturated rings. The largest absolute Gasteiger partial charge is 0.479 e. The molecule has 0 heterocycles. The first kappa shape index (κ1) is 11.3. The highest BCUT2D eigenvalue weighted by atomic mass is 19.1. The van der Waals surface area contributed by atoms with Crippen LogP contribution in [0.2, 0.25) is 0 Å². The highest BCUT2D eigenvalue weighted by Crippen LogP contribution is 2.19. The number of hydrogen-bond donors (Lipinski definition) is 2. The number of ether oxygens (including phenoxy) is 1. The fourth-order valence-corrected chi connectivity index (χ4v) is 1.05. The van der Waals surface area contributed by atoms with Gasteiger partial charge in [0.15, 0.2) is 6.10 Å². The number of nitrogens with two attached hydrogens (primary N) is 1. The van der Waals surface area contributed by atoms with Crippen LogP contribution in [-0.4, -0.2) is 17.2 Å². The Labute approximate surface area is 86.5 Å². The zero-order chi connectivity index (χ0) is 11.4. The number of carbonyl (C=O) groups is 1. The van der Waals surface area contributed by atoms with Crippen LogP contribution in [0.3, 0.4) is 0 Å². The molecule has 0 aliphatic carbocycles. The Balaban J connectivity index is 2.80. The van der Waals surface area contributed by atoms with Gasteiger partial charge >= 0.3 is 5.97 Å². The van der Waals surface area contributed by atoms with Gasteiger partial charge in [-0.3, -0.25) is 0 Å². The summed E-state index contributed by atoms with van der Waals surface area (Å²) >= 11 is 0. The van der Waals surface area contributed by atoms with Crippen LogP contribution in [0, 0.1) is 5.82 Å². The summed E-state index contributed by atoms with van der Waals surface area (Å²) in [6, 6.07) is 3.84. The monoisotopic (exact) mass is 213 g/mol. The summed E-state index contributed by atoms with van der Waals surface area (Å²) < 4.78 is 18.0. The number of aliphatic carboxylic acids is 1. The van der Waals surface area contributed by atoms with Gasteiger partial charge in [0.25, 0.3) is 0 Å². The first-order valence-electron chi connectivity index (χ1n) is 4.49. The predicted octanol–water partition coefficient (Wildman–Crippen LogP) is 1.65. The fraction of sp³-hybridized carbons (Fsp3) is 0.300. The Morgan fingerprint density at radius 3 is 2.80 bits per heavy atom. The fourth-order valence-electron chi connectivity index (χ4n) is 1.05. The summed E-state index contributed by atoms with van der Waals surface area (Å²) in [4.78, 5) is 10.6. The Morgan fingerprint density at radius 1 is 1.67 bits per heavy atom. The van der Waals surface area contributed by atoms with Crippen LogP contribution in [0.25, 0.3) is 0 Å². The molecule has 0 radical (unpaired) electrons. The van der Waals surface area contributed by atoms with E-state index in [0.717, 1.165) is 6.07 Å². The molecule has 1 atom stereocenters. The van der Waals surface area contributed by atoms with Crippen LogP contribution in [-0.2, 0) is 4.79 Å². The molecule has 0 spiro atoms. The zero-order valence-electron chi connectivity index (χ0n) is 8.24. The van der Waals surface area contributed by atoms with Crippen molar-refractivity contribution in [2.24, 2.45) is 0 Å². The van der Waals surface area contributed by atoms with E-state index in [0.29, 0.717) is 6.42 Å². The van der Waals surface area contributed by atoms with Crippen molar-refractivity contribution >= 4 is 11.7 Å². The lowest BCUT2D eigenvalue weighted by Crippen LogP contribution is -2.25. The van der Waals surface area contributed by atoms with E-state index in [1.165, 1.54) is 12.1 Å². The van der Waals surface area contributed by atoms with E-state index in [2.05, 4.69) is 0 Å². The average Bonchev–Trinajstić information content (AvgIpc) is 2.19. The van der Waals surface area contributed by atoms with Crippen LogP contribution < -0.4 is 10.5 Å². The molecule has 0 amide bonds. The maximum absolute atomic E-state index is 13.0. The standard InChI is InChI=1S/C10H12FNO3/c1-2-9(10(13)14)15-6-3-4-8(12)7(11)5-6/h3-5,9H,2,12H2,1H3,(H,13,14). The molecule has 1 unspecified atom stereocenters. The maximum atomic E-state index is 13.0. The molecule has 0 saturated heterocycles. The first-order chi connectivity index (χ1) is 7.04. The molecule has 1 aromatic rings. The van der Waals surface area contributed by atoms with Crippen molar-refractivity contribution in [3.05, 3.63) is 24.0 Å². The van der Waals surface area contributed by atoms with Crippen LogP contribution in [0.1, 0.15) is 13.3 Å². The van der Waals surface area contributed by atoms with Gasteiger partial charge in [0.05, 0.1) is 5.69 Å². The van der Waals surface area contributed by atoms with Gasteiger partial charge in [0, 0.05) is 6.07 Å². The van der Waals surface area contributed by atoms with Gasteiger partial charge in [-0.05, 0) is 18.6 Å². The third-order valence-electron chi connectivity index (χ3n) is 1.90. The van der Waals surface area contributed by atoms with Crippen molar-refractivity contribution in [2.75, 3.05) is 5.73 Å². The lowest BCUT2D eigenvalue weighted by atomic mass is 10.2. The van der Waals surface area contributed by atoms with Crippen molar-refractivity contribution in [3.63, 3.8) is 0 Å². The smallest absolute Gasteiger partial charge is 0.344 e. The molecule has 5 heteroatoms. The van der Waals surface area contributed by atoms with Gasteiger partial charge in [-0.15, -0.1) is 0 Å². The Hall–Kier alpha value is -1.78. The minimum atomic E-state index is -1.07. The molecule has 15 heavy (non-hydrogen) atoms. The molecule has 0 aliphatic rings. The number of rotatable bonds is 4. The molecule has 4 nitrogen and oxygen atoms in total. The number of carboxylic acid groups (broad SMARTS) is 1. The quantitative estimate of drug-likeness (QED) is 0.746. The van der Waals surface area contributed by atoms with Crippen molar-refractivity contribution < 1.29 is 19.0 Å². The van der Waals surface area contributed by atoms with Crippen LogP contribution in [0.15, 0.2) is 18.2 Å². The summed E-state index contributed by atoms with van der Waals surface area (Å²) in [7, 11) is 0. The van der Waals surface area contributed by atoms with E-state index in [1.807, 2.05) is 0 Å². The second-order valence-corrected chi connectivity index (χ2v) is 3.04. The van der Waals surface area contributed by atoms with E-state index < -0.39 is 17.9 Å². The van der Waals surface area contributed by atoms with Crippen molar-refractivity contribution in [1.29, 1.82) is 0 Å². The van der Waals surface area contributed by atoms with Crippen LogP contribution >= 0.6 is 0 Å². The third-order valence-corrected chi connectivity index (χ3v) is 1.90. The summed E-state index contributed by atoms with van der Waals surface area (Å²) in [5.41, 5.74) is 5.27. The summed E-state index contributed by atoms with van der Waals surface area (Å²) in [6.45, 7) is 1.67. The van der Waals surface area contributed by atoms with Crippen molar-refractivity contribution in [2.45, 2.75) is 19.4 Å². The molecule has 0 saturated carbocycles. The normalized spacial score (nSPS) is 12.1. The van der Waals surface area contributed by atoms with Gasteiger partial charge in [-0.25, -0.2) is 9.18 Å². The zero-order valence-corrected chi connectivity index (χ0v) is 8.24. The molecule has 1 rings (SSSR count). The minimum absolute atomic E-state index is 0.00530. The summed E-state index contributed by atoms with van der Waals surface area (Å²) in [5, 5.41) is 8.72. The highest BCUT2D eigenvalue weighted by molar-refractivity contribution is 5.72. The number of anilines is 1. The van der Waals surface area contributed by atoms with Crippen molar-refractivity contribution in [3.8, 4) is 5.75 Å². The molecule has 1 aromatic carbocycles. The second kappa shape index (κ2) is 4.63. The summed E-state index contributed by atoms with van der Waals surface area (Å²) in [5.74, 6) is -1.53. The first-order valence-corrected chi connectivity index (χ1v) is 4.49. The van der Waals surface area contributed by atoms with E-state index in [4.69, 9.17) is 15.6 Å². The maximum Gasteiger partial charge on any atom is 0.344 e. The molecule has 0 aliphatic heterocycles. The number of nitrogen functional groups attached to an aromatic ring is 1. The van der Waals surface area contributed by atoms with Gasteiger partial charge in [0.1, 0.15) is 11.6 Å². The number of halogens is 1. The van der Waals surface area contributed by atoms with Crippen LogP contribution in [0.4, 0.5) is 10.1 Å². The predicted molar refractivity (Wildman–Crippen MR) is 53.2 cm³/mol. The lowest BCUT2D eigenvalue weighted by molar-refractivity contribution is -0.145. The molecule has 0 bridgehead atoms. The average molecular weight is 213 g/mol. The molecular weight excluding hydrogens is 201 g/mol. The highest BCUT2D eigenvalue weighted by Gasteiger charge is 2.16. The van der Waals surface area contributed by atoms with E-state index >= 15 is 0 Å². The number of hydrogen-bond acceptors (Lipinski definition) is 3. The summed E-state index contributed by atoms with van der Waals surface area (Å²) in [6.07, 6.45) is -0.658. The number of benzene rings is 1. The topological polar surface area (TPSA) is 72.5 Å². The van der Waals surface area contributed by atoms with Gasteiger partial charge < -0.3 is 15.6 Å². The lowest BCUT2D eigenvalue weighted by Gasteiger charge is -2.13. The Morgan fingerprint density at radius 2 is 2.33 bits per heavy atom. The Kier molecular flexibility index (Phi) is 3.49. The van der Waals surface area contributed by atoms with E-state index in [1.54, 1.807) is 6.92 Å². The van der Waals surface area contributed by atoms with Crippen molar-refractivity contribution in [1.82, 2.24) is 0 Å². The second-order valence-electron chi connectivity index (χ2n) is 3.04. The number of carboxylic acids is 1. The molecular formula is C10H12FNO3. The van der Waals surface area contributed by atoms with E-state index in [-0.39, 0.29) is 11.4 Å². The molecule has 0 aromatic heterocycles. The van der Waals surface area contributed by atoms with Crippen LogP contribution in [0.5, 0.6) is 5.75 Å². The van der Waals surface area contributed by atoms with Gasteiger partial charge in [-0.1, -0.05) is 6.92 Å². The van der Waals surface area contributed by atoms with Gasteiger partial charge in [0.2, 0.25) is 0 Å². The Bertz CT molecular complexity index is 368. The molecule has 3 N–H and O–H groups in total.